The molecule has 2 aromatic rings. The molecule has 114 valence electrons. The molecule has 21 heavy (non-hydrogen) atoms. The van der Waals surface area contributed by atoms with E-state index < -0.39 is 5.97 Å². The van der Waals surface area contributed by atoms with Crippen LogP contribution < -0.4 is 0 Å². The normalized spacial score (nSPS) is 12.7. The maximum atomic E-state index is 10.8. The minimum atomic E-state index is -0.854. The number of rotatable bonds is 7. The van der Waals surface area contributed by atoms with Crippen LogP contribution in [0.5, 0.6) is 0 Å². The Labute approximate surface area is 127 Å². The van der Waals surface area contributed by atoms with E-state index in [0.29, 0.717) is 24.2 Å². The standard InChI is InChI=1S/C14H19N3O3S/c1-9(7-20-3)6-17-13-11(5-4-10(2)15-13)16-14(17)21-8-12(18)19/h4-5,9H,6-8H2,1-3H3,(H,18,19). The Bertz CT molecular complexity index is 642. The molecule has 0 aliphatic rings. The van der Waals surface area contributed by atoms with E-state index in [2.05, 4.69) is 16.9 Å². The fraction of sp³-hybridized carbons (Fsp3) is 0.500. The maximum Gasteiger partial charge on any atom is 0.313 e. The van der Waals surface area contributed by atoms with Crippen LogP contribution in [-0.4, -0.2) is 45.1 Å². The molecule has 0 aliphatic carbocycles. The first kappa shape index (κ1) is 15.8. The third-order valence-electron chi connectivity index (χ3n) is 2.97. The van der Waals surface area contributed by atoms with E-state index in [9.17, 15) is 4.79 Å². The number of aromatic nitrogens is 3. The molecule has 1 unspecified atom stereocenters. The van der Waals surface area contributed by atoms with Gasteiger partial charge >= 0.3 is 5.97 Å². The second-order valence-corrected chi connectivity index (χ2v) is 5.99. The molecule has 1 N–H and O–H groups in total. The monoisotopic (exact) mass is 309 g/mol. The van der Waals surface area contributed by atoms with Crippen molar-refractivity contribution in [1.82, 2.24) is 14.5 Å². The van der Waals surface area contributed by atoms with Gasteiger partial charge in [0, 0.05) is 19.3 Å². The number of methoxy groups -OCH3 is 1. The van der Waals surface area contributed by atoms with Gasteiger partial charge in [0.05, 0.1) is 12.4 Å². The second-order valence-electron chi connectivity index (χ2n) is 5.04. The summed E-state index contributed by atoms with van der Waals surface area (Å²) in [5.41, 5.74) is 2.50. The van der Waals surface area contributed by atoms with Gasteiger partial charge in [0.25, 0.3) is 0 Å². The lowest BCUT2D eigenvalue weighted by atomic mass is 10.2. The van der Waals surface area contributed by atoms with Gasteiger partial charge in [-0.25, -0.2) is 9.97 Å². The predicted octanol–water partition coefficient (Wildman–Crippen LogP) is 2.20. The van der Waals surface area contributed by atoms with Crippen molar-refractivity contribution in [2.45, 2.75) is 25.5 Å². The number of hydrogen-bond donors (Lipinski definition) is 1. The van der Waals surface area contributed by atoms with Crippen LogP contribution in [-0.2, 0) is 16.1 Å². The number of ether oxygens (including phenoxy) is 1. The van der Waals surface area contributed by atoms with Gasteiger partial charge in [0.15, 0.2) is 10.8 Å². The van der Waals surface area contributed by atoms with Crippen LogP contribution in [0.4, 0.5) is 0 Å². The molecule has 0 bridgehead atoms. The fourth-order valence-electron chi connectivity index (χ4n) is 2.13. The molecule has 0 spiro atoms. The number of aliphatic carboxylic acids is 1. The van der Waals surface area contributed by atoms with Crippen LogP contribution in [0.1, 0.15) is 12.6 Å². The smallest absolute Gasteiger partial charge is 0.313 e. The van der Waals surface area contributed by atoms with E-state index in [-0.39, 0.29) is 5.75 Å². The van der Waals surface area contributed by atoms with Gasteiger partial charge < -0.3 is 14.4 Å². The zero-order valence-corrected chi connectivity index (χ0v) is 13.2. The molecular formula is C14H19N3O3S. The molecule has 0 radical (unpaired) electrons. The molecule has 2 rings (SSSR count). The average molecular weight is 309 g/mol. The minimum absolute atomic E-state index is 0.0129. The highest BCUT2D eigenvalue weighted by Gasteiger charge is 2.16. The van der Waals surface area contributed by atoms with Crippen molar-refractivity contribution in [2.75, 3.05) is 19.5 Å². The van der Waals surface area contributed by atoms with E-state index in [1.807, 2.05) is 23.6 Å². The van der Waals surface area contributed by atoms with Gasteiger partial charge in [-0.1, -0.05) is 18.7 Å². The van der Waals surface area contributed by atoms with Gasteiger partial charge in [0.1, 0.15) is 5.52 Å². The van der Waals surface area contributed by atoms with Gasteiger partial charge in [0.2, 0.25) is 0 Å². The van der Waals surface area contributed by atoms with Crippen LogP contribution in [0.2, 0.25) is 0 Å². The van der Waals surface area contributed by atoms with Crippen LogP contribution in [0.15, 0.2) is 17.3 Å². The number of imidazole rings is 1. The number of carboxylic acid groups (broad SMARTS) is 1. The molecule has 6 nitrogen and oxygen atoms in total. The molecule has 2 heterocycles. The molecule has 0 fully saturated rings. The van der Waals surface area contributed by atoms with Crippen molar-refractivity contribution in [3.8, 4) is 0 Å². The topological polar surface area (TPSA) is 77.2 Å². The van der Waals surface area contributed by atoms with Crippen molar-refractivity contribution in [1.29, 1.82) is 0 Å². The van der Waals surface area contributed by atoms with Crippen LogP contribution >= 0.6 is 11.8 Å². The summed E-state index contributed by atoms with van der Waals surface area (Å²) in [6, 6.07) is 3.82. The van der Waals surface area contributed by atoms with E-state index in [0.717, 1.165) is 16.9 Å². The van der Waals surface area contributed by atoms with E-state index >= 15 is 0 Å². The van der Waals surface area contributed by atoms with Crippen LogP contribution in [0.3, 0.4) is 0 Å². The molecule has 0 saturated heterocycles. The summed E-state index contributed by atoms with van der Waals surface area (Å²) in [6.07, 6.45) is 0. The molecule has 0 aliphatic heterocycles. The number of hydrogen-bond acceptors (Lipinski definition) is 5. The Kier molecular flexibility index (Phi) is 5.19. The van der Waals surface area contributed by atoms with Crippen molar-refractivity contribution in [3.63, 3.8) is 0 Å². The lowest BCUT2D eigenvalue weighted by molar-refractivity contribution is -0.133. The Balaban J connectivity index is 2.37. The van der Waals surface area contributed by atoms with Crippen molar-refractivity contribution in [3.05, 3.63) is 17.8 Å². The summed E-state index contributed by atoms with van der Waals surface area (Å²) in [4.78, 5) is 19.8. The number of thioether (sulfide) groups is 1. The van der Waals surface area contributed by atoms with Crippen molar-refractivity contribution < 1.29 is 14.6 Å². The number of aryl methyl sites for hydroxylation is 1. The van der Waals surface area contributed by atoms with Gasteiger partial charge in [-0.05, 0) is 25.0 Å². The first-order valence-electron chi connectivity index (χ1n) is 6.68. The third kappa shape index (κ3) is 3.95. The van der Waals surface area contributed by atoms with Crippen LogP contribution in [0.25, 0.3) is 11.2 Å². The van der Waals surface area contributed by atoms with Crippen LogP contribution in [0, 0.1) is 12.8 Å². The zero-order chi connectivity index (χ0) is 15.4. The quantitative estimate of drug-likeness (QED) is 0.790. The lowest BCUT2D eigenvalue weighted by Gasteiger charge is -2.13. The maximum absolute atomic E-state index is 10.8. The number of nitrogens with zero attached hydrogens (tertiary/aromatic N) is 3. The molecular weight excluding hydrogens is 290 g/mol. The number of pyridine rings is 1. The number of carboxylic acids is 1. The largest absolute Gasteiger partial charge is 0.481 e. The second kappa shape index (κ2) is 6.91. The first-order chi connectivity index (χ1) is 10.0. The third-order valence-corrected chi connectivity index (χ3v) is 3.93. The Hall–Kier alpha value is -1.60. The van der Waals surface area contributed by atoms with E-state index in [1.165, 1.54) is 11.8 Å². The summed E-state index contributed by atoms with van der Waals surface area (Å²) < 4.78 is 7.16. The summed E-state index contributed by atoms with van der Waals surface area (Å²) in [5, 5.41) is 9.55. The summed E-state index contributed by atoms with van der Waals surface area (Å²) in [5.74, 6) is -0.576. The highest BCUT2D eigenvalue weighted by molar-refractivity contribution is 7.99. The van der Waals surface area contributed by atoms with E-state index in [1.54, 1.807) is 7.11 Å². The summed E-state index contributed by atoms with van der Waals surface area (Å²) in [7, 11) is 1.67. The fourth-order valence-corrected chi connectivity index (χ4v) is 2.86. The molecule has 0 amide bonds. The minimum Gasteiger partial charge on any atom is -0.481 e. The molecule has 7 heteroatoms. The van der Waals surface area contributed by atoms with Gasteiger partial charge in [-0.15, -0.1) is 0 Å². The highest BCUT2D eigenvalue weighted by Crippen LogP contribution is 2.24. The average Bonchev–Trinajstić information content (AvgIpc) is 2.74. The summed E-state index contributed by atoms with van der Waals surface area (Å²) >= 11 is 1.22. The molecule has 2 aromatic heterocycles. The first-order valence-corrected chi connectivity index (χ1v) is 7.67. The van der Waals surface area contributed by atoms with Crippen molar-refractivity contribution >= 4 is 28.9 Å². The SMILES string of the molecule is COCC(C)Cn1c(SCC(=O)O)nc2ccc(C)nc21. The Morgan fingerprint density at radius 1 is 1.48 bits per heavy atom. The molecule has 0 aromatic carbocycles. The number of carbonyl (C=O) groups is 1. The zero-order valence-electron chi connectivity index (χ0n) is 12.4. The Morgan fingerprint density at radius 2 is 2.24 bits per heavy atom. The lowest BCUT2D eigenvalue weighted by Crippen LogP contribution is -2.14. The number of fused-ring (bicyclic) bond motifs is 1. The molecule has 0 saturated carbocycles. The van der Waals surface area contributed by atoms with E-state index in [4.69, 9.17) is 9.84 Å². The Morgan fingerprint density at radius 3 is 2.90 bits per heavy atom. The highest BCUT2D eigenvalue weighted by atomic mass is 32.2. The predicted molar refractivity (Wildman–Crippen MR) is 81.7 cm³/mol. The summed E-state index contributed by atoms with van der Waals surface area (Å²) in [6.45, 7) is 5.34. The molecule has 1 atom stereocenters. The van der Waals surface area contributed by atoms with Gasteiger partial charge in [-0.2, -0.15) is 0 Å². The van der Waals surface area contributed by atoms with Crippen molar-refractivity contribution in [2.24, 2.45) is 5.92 Å². The van der Waals surface area contributed by atoms with Gasteiger partial charge in [-0.3, -0.25) is 4.79 Å².